The van der Waals surface area contributed by atoms with Gasteiger partial charge in [-0.15, -0.1) is 0 Å². The lowest BCUT2D eigenvalue weighted by Crippen LogP contribution is -2.24. The molecular weight excluding hydrogens is 504 g/mol. The lowest BCUT2D eigenvalue weighted by molar-refractivity contribution is -0.156. The van der Waals surface area contributed by atoms with Crippen LogP contribution in [0.15, 0.2) is 12.7 Å². The molecule has 0 unspecified atom stereocenters. The molecule has 0 rings (SSSR count). The number of aliphatic hydroxyl groups excluding tert-OH is 3. The van der Waals surface area contributed by atoms with E-state index >= 15 is 0 Å². The Kier molecular flexibility index (Phi) is 30.5. The SMILES string of the molecule is C=CC(=O)OC(C)(C)C.CC(C)(C)OC(=O)CCOCCOCCOCCO.OCCOCCOCCO. The van der Waals surface area contributed by atoms with Gasteiger partial charge in [-0.25, -0.2) is 4.79 Å². The third-order valence-electron chi connectivity index (χ3n) is 3.27. The second-order valence-corrected chi connectivity index (χ2v) is 9.31. The lowest BCUT2D eigenvalue weighted by Gasteiger charge is -2.19. The Morgan fingerprint density at radius 3 is 1.16 bits per heavy atom. The van der Waals surface area contributed by atoms with Gasteiger partial charge in [-0.1, -0.05) is 6.58 Å². The van der Waals surface area contributed by atoms with Gasteiger partial charge in [-0.3, -0.25) is 4.79 Å². The smallest absolute Gasteiger partial charge is 0.330 e. The fourth-order valence-corrected chi connectivity index (χ4v) is 1.95. The van der Waals surface area contributed by atoms with E-state index in [1.54, 1.807) is 0 Å². The van der Waals surface area contributed by atoms with E-state index in [2.05, 4.69) is 6.58 Å². The van der Waals surface area contributed by atoms with Gasteiger partial charge in [-0.2, -0.15) is 0 Å². The van der Waals surface area contributed by atoms with Gasteiger partial charge in [0.05, 0.1) is 92.3 Å². The van der Waals surface area contributed by atoms with E-state index in [0.717, 1.165) is 6.08 Å². The molecular formula is C26H52O12. The van der Waals surface area contributed by atoms with Crippen molar-refractivity contribution in [3.63, 3.8) is 0 Å². The fraction of sp³-hybridized carbons (Fsp3) is 0.846. The third-order valence-corrected chi connectivity index (χ3v) is 3.27. The van der Waals surface area contributed by atoms with E-state index < -0.39 is 11.2 Å². The van der Waals surface area contributed by atoms with Crippen LogP contribution in [0.2, 0.25) is 0 Å². The Labute approximate surface area is 228 Å². The van der Waals surface area contributed by atoms with Crippen LogP contribution in [0.3, 0.4) is 0 Å². The summed E-state index contributed by atoms with van der Waals surface area (Å²) in [5, 5.41) is 25.0. The van der Waals surface area contributed by atoms with Gasteiger partial charge in [0.2, 0.25) is 0 Å². The highest BCUT2D eigenvalue weighted by molar-refractivity contribution is 5.81. The zero-order valence-corrected chi connectivity index (χ0v) is 24.2. The normalized spacial score (nSPS) is 11.0. The summed E-state index contributed by atoms with van der Waals surface area (Å²) in [4.78, 5) is 21.8. The molecule has 0 aliphatic heterocycles. The molecule has 0 radical (unpaired) electrons. The number of esters is 2. The van der Waals surface area contributed by atoms with Crippen molar-refractivity contribution in [2.24, 2.45) is 0 Å². The van der Waals surface area contributed by atoms with Crippen molar-refractivity contribution in [3.8, 4) is 0 Å². The summed E-state index contributed by atoms with van der Waals surface area (Å²) in [5.41, 5.74) is -0.847. The van der Waals surface area contributed by atoms with Crippen LogP contribution in [-0.4, -0.2) is 124 Å². The van der Waals surface area contributed by atoms with Gasteiger partial charge in [0.1, 0.15) is 11.2 Å². The minimum Gasteiger partial charge on any atom is -0.460 e. The van der Waals surface area contributed by atoms with E-state index in [4.69, 9.17) is 48.5 Å². The predicted octanol–water partition coefficient (Wildman–Crippen LogP) is 1.28. The molecule has 0 saturated carbocycles. The molecule has 0 aromatic rings. The molecule has 38 heavy (non-hydrogen) atoms. The maximum absolute atomic E-state index is 11.3. The van der Waals surface area contributed by atoms with Gasteiger partial charge in [0, 0.05) is 6.08 Å². The second kappa shape index (κ2) is 28.4. The van der Waals surface area contributed by atoms with Crippen LogP contribution >= 0.6 is 0 Å². The maximum atomic E-state index is 11.3. The summed E-state index contributed by atoms with van der Waals surface area (Å²) < 4.78 is 35.2. The van der Waals surface area contributed by atoms with Crippen LogP contribution in [0.5, 0.6) is 0 Å². The van der Waals surface area contributed by atoms with Crippen molar-refractivity contribution < 1.29 is 58.1 Å². The lowest BCUT2D eigenvalue weighted by atomic mass is 10.2. The Morgan fingerprint density at radius 1 is 0.579 bits per heavy atom. The van der Waals surface area contributed by atoms with E-state index in [0.29, 0.717) is 66.1 Å². The highest BCUT2D eigenvalue weighted by Gasteiger charge is 2.15. The van der Waals surface area contributed by atoms with Crippen LogP contribution in [-0.2, 0) is 42.7 Å². The fourth-order valence-electron chi connectivity index (χ4n) is 1.95. The number of hydrogen-bond acceptors (Lipinski definition) is 12. The minimum atomic E-state index is -0.450. The molecule has 0 aliphatic rings. The first-order valence-electron chi connectivity index (χ1n) is 12.6. The van der Waals surface area contributed by atoms with Crippen LogP contribution in [0.25, 0.3) is 0 Å². The number of rotatable bonds is 19. The van der Waals surface area contributed by atoms with Crippen LogP contribution in [0.4, 0.5) is 0 Å². The van der Waals surface area contributed by atoms with E-state index in [1.807, 2.05) is 41.5 Å². The maximum Gasteiger partial charge on any atom is 0.330 e. The third kappa shape index (κ3) is 44.4. The average Bonchev–Trinajstić information content (AvgIpc) is 2.81. The molecule has 0 aromatic heterocycles. The van der Waals surface area contributed by atoms with Crippen molar-refractivity contribution in [1.82, 2.24) is 0 Å². The molecule has 0 aliphatic carbocycles. The number of aliphatic hydroxyl groups is 3. The molecule has 12 nitrogen and oxygen atoms in total. The Bertz CT molecular complexity index is 533. The molecule has 0 amide bonds. The Morgan fingerprint density at radius 2 is 0.895 bits per heavy atom. The first-order valence-corrected chi connectivity index (χ1v) is 12.6. The van der Waals surface area contributed by atoms with E-state index in [9.17, 15) is 9.59 Å². The first kappa shape index (κ1) is 40.9. The predicted molar refractivity (Wildman–Crippen MR) is 142 cm³/mol. The second-order valence-electron chi connectivity index (χ2n) is 9.31. The summed E-state index contributed by atoms with van der Waals surface area (Å²) >= 11 is 0. The largest absolute Gasteiger partial charge is 0.460 e. The molecule has 0 heterocycles. The van der Waals surface area contributed by atoms with Crippen molar-refractivity contribution in [1.29, 1.82) is 0 Å². The molecule has 0 saturated heterocycles. The number of carbonyl (C=O) groups is 2. The highest BCUT2D eigenvalue weighted by Crippen LogP contribution is 2.08. The van der Waals surface area contributed by atoms with Crippen LogP contribution in [0, 0.1) is 0 Å². The standard InChI is InChI=1S/C13H26O6.C7H12O2.C6H14O4/c1-13(2,3)19-12(15)4-6-16-8-10-18-11-9-17-7-5-14;1-5-6(8)9-7(2,3)4;7-1-3-9-5-6-10-4-2-8/h14H,4-11H2,1-3H3;5H,1H2,2-4H3;7-8H,1-6H2. The van der Waals surface area contributed by atoms with Crippen LogP contribution < -0.4 is 0 Å². The van der Waals surface area contributed by atoms with Crippen LogP contribution in [0.1, 0.15) is 48.0 Å². The van der Waals surface area contributed by atoms with Crippen molar-refractivity contribution in [3.05, 3.63) is 12.7 Å². The van der Waals surface area contributed by atoms with E-state index in [1.165, 1.54) is 0 Å². The van der Waals surface area contributed by atoms with Gasteiger partial charge in [0.25, 0.3) is 0 Å². The van der Waals surface area contributed by atoms with Gasteiger partial charge in [-0.05, 0) is 41.5 Å². The monoisotopic (exact) mass is 556 g/mol. The molecule has 12 heteroatoms. The Hall–Kier alpha value is -1.64. The summed E-state index contributed by atoms with van der Waals surface area (Å²) in [7, 11) is 0. The number of hydrogen-bond donors (Lipinski definition) is 3. The molecule has 3 N–H and O–H groups in total. The van der Waals surface area contributed by atoms with Gasteiger partial charge < -0.3 is 48.5 Å². The summed E-state index contributed by atoms with van der Waals surface area (Å²) in [6.45, 7) is 18.4. The van der Waals surface area contributed by atoms with Gasteiger partial charge >= 0.3 is 11.9 Å². The van der Waals surface area contributed by atoms with Crippen molar-refractivity contribution in [2.45, 2.75) is 59.2 Å². The number of carbonyl (C=O) groups excluding carboxylic acids is 2. The van der Waals surface area contributed by atoms with Crippen molar-refractivity contribution >= 4 is 11.9 Å². The summed E-state index contributed by atoms with van der Waals surface area (Å²) in [5.74, 6) is -0.631. The minimum absolute atomic E-state index is 0.0216. The average molecular weight is 557 g/mol. The molecule has 0 aromatic carbocycles. The number of ether oxygens (including phenoxy) is 7. The topological polar surface area (TPSA) is 159 Å². The molecule has 0 bridgehead atoms. The first-order chi connectivity index (χ1) is 17.8. The summed E-state index contributed by atoms with van der Waals surface area (Å²) in [6, 6.07) is 0. The molecule has 0 fully saturated rings. The zero-order valence-electron chi connectivity index (χ0n) is 24.2. The quantitative estimate of drug-likeness (QED) is 0.119. The molecule has 0 spiro atoms. The highest BCUT2D eigenvalue weighted by atomic mass is 16.6. The molecule has 0 atom stereocenters. The van der Waals surface area contributed by atoms with Crippen molar-refractivity contribution in [2.75, 3.05) is 85.9 Å². The van der Waals surface area contributed by atoms with Gasteiger partial charge in [0.15, 0.2) is 0 Å². The zero-order chi connectivity index (χ0) is 29.7. The molecule has 228 valence electrons. The van der Waals surface area contributed by atoms with E-state index in [-0.39, 0.29) is 38.2 Å². The Balaban J connectivity index is -0.000000541. The summed E-state index contributed by atoms with van der Waals surface area (Å²) in [6.07, 6.45) is 1.40.